The maximum absolute atomic E-state index is 12.2. The van der Waals surface area contributed by atoms with Crippen LogP contribution in [-0.2, 0) is 5.75 Å². The first-order valence-electron chi connectivity index (χ1n) is 8.85. The number of rotatable bonds is 5. The quantitative estimate of drug-likeness (QED) is 0.422. The van der Waals surface area contributed by atoms with Gasteiger partial charge >= 0.3 is 0 Å². The Balaban J connectivity index is 1.53. The van der Waals surface area contributed by atoms with Crippen LogP contribution in [-0.4, -0.2) is 24.7 Å². The Hall–Kier alpha value is -3.17. The fraction of sp³-hybridized carbons (Fsp3) is 0.100. The summed E-state index contributed by atoms with van der Waals surface area (Å²) in [6.07, 6.45) is 1.65. The maximum Gasteiger partial charge on any atom is 0.268 e. The van der Waals surface area contributed by atoms with Crippen molar-refractivity contribution in [2.45, 2.75) is 17.8 Å². The molecule has 0 radical (unpaired) electrons. The molecule has 0 saturated carbocycles. The van der Waals surface area contributed by atoms with Crippen LogP contribution in [0.25, 0.3) is 27.3 Å². The van der Waals surface area contributed by atoms with E-state index < -0.39 is 0 Å². The number of aryl methyl sites for hydroxylation is 1. The van der Waals surface area contributed by atoms with E-state index in [0.717, 1.165) is 17.0 Å². The fourth-order valence-electron chi connectivity index (χ4n) is 3.09. The van der Waals surface area contributed by atoms with Gasteiger partial charge in [-0.25, -0.2) is 4.98 Å². The second-order valence-corrected chi connectivity index (χ2v) is 8.16. The van der Waals surface area contributed by atoms with Crippen LogP contribution >= 0.6 is 23.1 Å². The van der Waals surface area contributed by atoms with Gasteiger partial charge in [0.25, 0.3) is 5.56 Å². The number of thiophene rings is 1. The van der Waals surface area contributed by atoms with Gasteiger partial charge < -0.3 is 9.40 Å². The lowest BCUT2D eigenvalue weighted by molar-refractivity contribution is 0.535. The van der Waals surface area contributed by atoms with Crippen molar-refractivity contribution >= 4 is 33.3 Å². The maximum atomic E-state index is 12.2. The zero-order chi connectivity index (χ0) is 19.8. The highest BCUT2D eigenvalue weighted by molar-refractivity contribution is 7.98. The van der Waals surface area contributed by atoms with Gasteiger partial charge in [-0.2, -0.15) is 0 Å². The third kappa shape index (κ3) is 3.28. The van der Waals surface area contributed by atoms with Gasteiger partial charge in [-0.15, -0.1) is 21.5 Å². The Morgan fingerprint density at radius 3 is 2.83 bits per heavy atom. The van der Waals surface area contributed by atoms with Crippen molar-refractivity contribution in [2.75, 3.05) is 0 Å². The summed E-state index contributed by atoms with van der Waals surface area (Å²) in [5.74, 6) is 2.56. The van der Waals surface area contributed by atoms with Crippen LogP contribution in [0.3, 0.4) is 0 Å². The van der Waals surface area contributed by atoms with Crippen molar-refractivity contribution in [1.82, 2.24) is 24.7 Å². The smallest absolute Gasteiger partial charge is 0.268 e. The summed E-state index contributed by atoms with van der Waals surface area (Å²) in [5, 5.41) is 11.4. The van der Waals surface area contributed by atoms with E-state index in [-0.39, 0.29) is 5.56 Å². The van der Waals surface area contributed by atoms with Gasteiger partial charge in [0.05, 0.1) is 23.1 Å². The number of nitrogens with zero attached hydrogens (tertiary/aromatic N) is 4. The van der Waals surface area contributed by atoms with Gasteiger partial charge in [0, 0.05) is 5.69 Å². The Morgan fingerprint density at radius 2 is 2.03 bits per heavy atom. The van der Waals surface area contributed by atoms with Gasteiger partial charge in [-0.1, -0.05) is 30.0 Å². The molecule has 4 aromatic heterocycles. The summed E-state index contributed by atoms with van der Waals surface area (Å²) in [7, 11) is 0. The van der Waals surface area contributed by atoms with Crippen molar-refractivity contribution in [3.8, 4) is 17.1 Å². The molecule has 4 heterocycles. The Labute approximate surface area is 173 Å². The molecule has 0 aliphatic heterocycles. The van der Waals surface area contributed by atoms with E-state index in [1.165, 1.54) is 23.1 Å². The Morgan fingerprint density at radius 1 is 1.17 bits per heavy atom. The van der Waals surface area contributed by atoms with Crippen LogP contribution in [0.15, 0.2) is 68.5 Å². The van der Waals surface area contributed by atoms with Crippen LogP contribution in [0.2, 0.25) is 0 Å². The van der Waals surface area contributed by atoms with Crippen molar-refractivity contribution in [3.63, 3.8) is 0 Å². The molecule has 0 fully saturated rings. The van der Waals surface area contributed by atoms with Gasteiger partial charge in [-0.3, -0.25) is 9.36 Å². The predicted octanol–water partition coefficient (Wildman–Crippen LogP) is 4.43. The molecule has 144 valence electrons. The summed E-state index contributed by atoms with van der Waals surface area (Å²) in [6.45, 7) is 1.90. The molecular weight excluding hydrogens is 406 g/mol. The van der Waals surface area contributed by atoms with Crippen molar-refractivity contribution in [1.29, 1.82) is 0 Å². The standard InChI is InChI=1S/C20H15N5O2S2/c1-12-14(7-9-27-12)18-23-24-20(25(18)13-5-3-2-4-6-13)29-11-16-21-15-8-10-28-17(15)19(26)22-16/h2-10H,11H2,1H3,(H,21,22,26). The third-order valence-electron chi connectivity index (χ3n) is 4.45. The third-order valence-corrected chi connectivity index (χ3v) is 6.29. The lowest BCUT2D eigenvalue weighted by Gasteiger charge is -2.09. The van der Waals surface area contributed by atoms with Crippen molar-refractivity contribution < 1.29 is 4.42 Å². The molecule has 0 saturated heterocycles. The molecule has 9 heteroatoms. The van der Waals surface area contributed by atoms with E-state index in [2.05, 4.69) is 20.2 Å². The zero-order valence-corrected chi connectivity index (χ0v) is 17.0. The normalized spacial score (nSPS) is 11.3. The first-order valence-corrected chi connectivity index (χ1v) is 10.7. The number of furan rings is 1. The van der Waals surface area contributed by atoms with E-state index in [0.29, 0.717) is 32.8 Å². The number of thioether (sulfide) groups is 1. The molecule has 0 atom stereocenters. The monoisotopic (exact) mass is 421 g/mol. The molecule has 5 rings (SSSR count). The molecule has 0 aliphatic carbocycles. The van der Waals surface area contributed by atoms with Crippen molar-refractivity contribution in [2.24, 2.45) is 0 Å². The van der Waals surface area contributed by atoms with Gasteiger partial charge in [0.2, 0.25) is 0 Å². The number of H-pyrrole nitrogens is 1. The highest BCUT2D eigenvalue weighted by atomic mass is 32.2. The molecule has 29 heavy (non-hydrogen) atoms. The van der Waals surface area contributed by atoms with E-state index >= 15 is 0 Å². The Kier molecular flexibility index (Phi) is 4.53. The van der Waals surface area contributed by atoms with Crippen LogP contribution < -0.4 is 5.56 Å². The second kappa shape index (κ2) is 7.34. The minimum absolute atomic E-state index is 0.111. The van der Waals surface area contributed by atoms with Gasteiger partial charge in [-0.05, 0) is 36.6 Å². The predicted molar refractivity (Wildman–Crippen MR) is 114 cm³/mol. The summed E-state index contributed by atoms with van der Waals surface area (Å²) >= 11 is 2.86. The van der Waals surface area contributed by atoms with Crippen LogP contribution in [0.5, 0.6) is 0 Å². The number of benzene rings is 1. The van der Waals surface area contributed by atoms with Crippen LogP contribution in [0, 0.1) is 6.92 Å². The molecule has 1 N–H and O–H groups in total. The number of nitrogens with one attached hydrogen (secondary N) is 1. The molecule has 0 bridgehead atoms. The molecule has 0 aliphatic rings. The molecule has 0 unspecified atom stereocenters. The topological polar surface area (TPSA) is 89.6 Å². The minimum atomic E-state index is -0.111. The Bertz CT molecular complexity index is 1350. The van der Waals surface area contributed by atoms with E-state index in [4.69, 9.17) is 4.42 Å². The van der Waals surface area contributed by atoms with E-state index in [1.807, 2.05) is 59.3 Å². The molecular formula is C20H15N5O2S2. The van der Waals surface area contributed by atoms with Crippen molar-refractivity contribution in [3.05, 3.63) is 76.0 Å². The molecule has 0 amide bonds. The summed E-state index contributed by atoms with van der Waals surface area (Å²) < 4.78 is 8.09. The lowest BCUT2D eigenvalue weighted by Crippen LogP contribution is -2.09. The SMILES string of the molecule is Cc1occc1-c1nnc(SCc2nc3ccsc3c(=O)[nH]2)n1-c1ccccc1. The molecule has 7 nitrogen and oxygen atoms in total. The number of aromatic amines is 1. The first-order chi connectivity index (χ1) is 14.2. The number of hydrogen-bond donors (Lipinski definition) is 1. The van der Waals surface area contributed by atoms with Gasteiger partial charge in [0.1, 0.15) is 16.3 Å². The number of fused-ring (bicyclic) bond motifs is 1. The first kappa shape index (κ1) is 17.9. The second-order valence-electron chi connectivity index (χ2n) is 6.30. The highest BCUT2D eigenvalue weighted by Crippen LogP contribution is 2.31. The van der Waals surface area contributed by atoms with Crippen LogP contribution in [0.1, 0.15) is 11.6 Å². The summed E-state index contributed by atoms with van der Waals surface area (Å²) in [4.78, 5) is 19.6. The average molecular weight is 422 g/mol. The fourth-order valence-corrected chi connectivity index (χ4v) is 4.64. The van der Waals surface area contributed by atoms with E-state index in [9.17, 15) is 4.79 Å². The lowest BCUT2D eigenvalue weighted by atomic mass is 10.2. The molecule has 1 aromatic carbocycles. The summed E-state index contributed by atoms with van der Waals surface area (Å²) in [5.41, 5.74) is 2.44. The number of hydrogen-bond acceptors (Lipinski definition) is 7. The molecule has 0 spiro atoms. The summed E-state index contributed by atoms with van der Waals surface area (Å²) in [6, 6.07) is 13.7. The number of para-hydroxylation sites is 1. The number of aromatic nitrogens is 5. The van der Waals surface area contributed by atoms with Crippen LogP contribution in [0.4, 0.5) is 0 Å². The minimum Gasteiger partial charge on any atom is -0.469 e. The highest BCUT2D eigenvalue weighted by Gasteiger charge is 2.19. The van der Waals surface area contributed by atoms with E-state index in [1.54, 1.807) is 6.26 Å². The largest absolute Gasteiger partial charge is 0.469 e. The molecule has 5 aromatic rings. The average Bonchev–Trinajstić information content (AvgIpc) is 3.46. The van der Waals surface area contributed by atoms with Gasteiger partial charge in [0.15, 0.2) is 11.0 Å². The zero-order valence-electron chi connectivity index (χ0n) is 15.3.